The number of para-hydroxylation sites is 1. The summed E-state index contributed by atoms with van der Waals surface area (Å²) in [6, 6.07) is 15.5. The first-order valence-electron chi connectivity index (χ1n) is 12.1. The zero-order valence-corrected chi connectivity index (χ0v) is 20.1. The third-order valence-electron chi connectivity index (χ3n) is 6.96. The highest BCUT2D eigenvalue weighted by atomic mass is 19.1. The van der Waals surface area contributed by atoms with Gasteiger partial charge in [-0.15, -0.1) is 0 Å². The molecule has 0 spiro atoms. The quantitative estimate of drug-likeness (QED) is 0.383. The van der Waals surface area contributed by atoms with Crippen LogP contribution in [0.25, 0.3) is 10.9 Å². The molecule has 2 heterocycles. The minimum atomic E-state index is -0.978. The molecule has 36 heavy (non-hydrogen) atoms. The number of H-pyrrole nitrogens is 1. The van der Waals surface area contributed by atoms with E-state index in [0.29, 0.717) is 12.6 Å². The number of carbonyl (C=O) groups is 2. The fourth-order valence-electron chi connectivity index (χ4n) is 5.07. The summed E-state index contributed by atoms with van der Waals surface area (Å²) in [7, 11) is 0. The maximum atomic E-state index is 14.4. The Kier molecular flexibility index (Phi) is 6.31. The molecule has 2 atom stereocenters. The van der Waals surface area contributed by atoms with Crippen molar-refractivity contribution in [3.63, 3.8) is 0 Å². The van der Waals surface area contributed by atoms with Crippen LogP contribution in [0.2, 0.25) is 0 Å². The van der Waals surface area contributed by atoms with Crippen LogP contribution in [0.4, 0.5) is 14.5 Å². The van der Waals surface area contributed by atoms with Crippen LogP contribution < -0.4 is 10.2 Å². The average molecular weight is 488 g/mol. The lowest BCUT2D eigenvalue weighted by Crippen LogP contribution is -2.52. The van der Waals surface area contributed by atoms with E-state index in [2.05, 4.69) is 16.4 Å². The molecular weight excluding hydrogens is 460 g/mol. The van der Waals surface area contributed by atoms with Gasteiger partial charge in [0.25, 0.3) is 5.91 Å². The standard InChI is InChI=1S/C29H27F2N3O2/c1-17-9-12-26-19(14-17)6-5-13-34(26)29(36)27(33-28(35)22-11-10-20(30)15-24(22)31)18(2)23-16-32-25-8-4-3-7-21(23)25/h3-4,7-12,14-16,18,27,32H,5-6,13H2,1-2H3,(H,33,35). The molecule has 0 saturated carbocycles. The van der Waals surface area contributed by atoms with Crippen LogP contribution in [0.5, 0.6) is 0 Å². The number of anilines is 1. The minimum Gasteiger partial charge on any atom is -0.361 e. The van der Waals surface area contributed by atoms with Gasteiger partial charge in [-0.3, -0.25) is 9.59 Å². The number of aromatic nitrogens is 1. The van der Waals surface area contributed by atoms with Gasteiger partial charge in [-0.05, 0) is 55.2 Å². The number of nitrogens with one attached hydrogen (secondary N) is 2. The second-order valence-electron chi connectivity index (χ2n) is 9.38. The van der Waals surface area contributed by atoms with Gasteiger partial charge in [-0.1, -0.05) is 42.8 Å². The normalized spacial score (nSPS) is 14.8. The molecule has 3 aromatic carbocycles. The lowest BCUT2D eigenvalue weighted by Gasteiger charge is -2.35. The molecule has 1 aliphatic rings. The second-order valence-corrected chi connectivity index (χ2v) is 9.38. The van der Waals surface area contributed by atoms with Gasteiger partial charge in [0.2, 0.25) is 5.91 Å². The van der Waals surface area contributed by atoms with Crippen molar-refractivity contribution in [3.05, 3.63) is 101 Å². The largest absolute Gasteiger partial charge is 0.361 e. The number of hydrogen-bond donors (Lipinski definition) is 2. The SMILES string of the molecule is Cc1ccc2c(c1)CCCN2C(=O)C(NC(=O)c1ccc(F)cc1F)C(C)c1c[nH]c2ccccc12. The first-order chi connectivity index (χ1) is 17.3. The van der Waals surface area contributed by atoms with Crippen molar-refractivity contribution in [2.24, 2.45) is 0 Å². The Balaban J connectivity index is 1.54. The molecule has 0 saturated heterocycles. The zero-order valence-electron chi connectivity index (χ0n) is 20.1. The Labute approximate surface area is 208 Å². The first kappa shape index (κ1) is 23.7. The number of halogens is 2. The molecule has 5 rings (SSSR count). The van der Waals surface area contributed by atoms with Crippen molar-refractivity contribution in [2.45, 2.75) is 38.6 Å². The molecule has 2 unspecified atom stereocenters. The topological polar surface area (TPSA) is 65.2 Å². The number of aryl methyl sites for hydroxylation is 2. The Bertz CT molecular complexity index is 1460. The summed E-state index contributed by atoms with van der Waals surface area (Å²) >= 11 is 0. The molecule has 0 fully saturated rings. The van der Waals surface area contributed by atoms with Gasteiger partial charge in [0.05, 0.1) is 5.56 Å². The smallest absolute Gasteiger partial charge is 0.254 e. The van der Waals surface area contributed by atoms with Crippen molar-refractivity contribution in [1.82, 2.24) is 10.3 Å². The number of fused-ring (bicyclic) bond motifs is 2. The predicted octanol–water partition coefficient (Wildman–Crippen LogP) is 5.64. The summed E-state index contributed by atoms with van der Waals surface area (Å²) in [6.45, 7) is 4.41. The van der Waals surface area contributed by atoms with Crippen LogP contribution in [0.3, 0.4) is 0 Å². The molecule has 7 heteroatoms. The van der Waals surface area contributed by atoms with Crippen molar-refractivity contribution >= 4 is 28.4 Å². The Morgan fingerprint density at radius 3 is 2.67 bits per heavy atom. The summed E-state index contributed by atoms with van der Waals surface area (Å²) in [5.74, 6) is -3.22. The van der Waals surface area contributed by atoms with E-state index >= 15 is 0 Å². The van der Waals surface area contributed by atoms with Crippen molar-refractivity contribution in [1.29, 1.82) is 0 Å². The summed E-state index contributed by atoms with van der Waals surface area (Å²) < 4.78 is 27.9. The maximum Gasteiger partial charge on any atom is 0.254 e. The molecule has 1 aromatic heterocycles. The summed E-state index contributed by atoms with van der Waals surface area (Å²) in [6.07, 6.45) is 3.52. The van der Waals surface area contributed by atoms with Crippen LogP contribution in [0, 0.1) is 18.6 Å². The lowest BCUT2D eigenvalue weighted by molar-refractivity contribution is -0.121. The van der Waals surface area contributed by atoms with Crippen molar-refractivity contribution in [3.8, 4) is 0 Å². The Morgan fingerprint density at radius 2 is 1.86 bits per heavy atom. The van der Waals surface area contributed by atoms with Crippen LogP contribution >= 0.6 is 0 Å². The van der Waals surface area contributed by atoms with Gasteiger partial charge >= 0.3 is 0 Å². The van der Waals surface area contributed by atoms with E-state index in [9.17, 15) is 18.4 Å². The molecule has 0 aliphatic carbocycles. The number of carbonyl (C=O) groups excluding carboxylic acids is 2. The molecule has 0 radical (unpaired) electrons. The molecule has 5 nitrogen and oxygen atoms in total. The highest BCUT2D eigenvalue weighted by molar-refractivity contribution is 6.04. The molecule has 2 N–H and O–H groups in total. The van der Waals surface area contributed by atoms with E-state index in [1.54, 1.807) is 4.90 Å². The molecule has 184 valence electrons. The maximum absolute atomic E-state index is 14.4. The third-order valence-corrected chi connectivity index (χ3v) is 6.96. The number of amides is 2. The van der Waals surface area contributed by atoms with Gasteiger partial charge in [0, 0.05) is 41.3 Å². The van der Waals surface area contributed by atoms with E-state index in [1.165, 1.54) is 0 Å². The average Bonchev–Trinajstić information content (AvgIpc) is 3.30. The molecule has 4 aromatic rings. The summed E-state index contributed by atoms with van der Waals surface area (Å²) in [4.78, 5) is 32.2. The van der Waals surface area contributed by atoms with Gasteiger partial charge in [-0.2, -0.15) is 0 Å². The van der Waals surface area contributed by atoms with Crippen molar-refractivity contribution in [2.75, 3.05) is 11.4 Å². The molecule has 0 bridgehead atoms. The Morgan fingerprint density at radius 1 is 1.06 bits per heavy atom. The number of aromatic amines is 1. The van der Waals surface area contributed by atoms with Gasteiger partial charge in [0.15, 0.2) is 0 Å². The summed E-state index contributed by atoms with van der Waals surface area (Å²) in [5, 5.41) is 3.72. The molecule has 2 amide bonds. The number of nitrogens with zero attached hydrogens (tertiary/aromatic N) is 1. The number of benzene rings is 3. The highest BCUT2D eigenvalue weighted by Gasteiger charge is 2.35. The van der Waals surface area contributed by atoms with Gasteiger partial charge < -0.3 is 15.2 Å². The van der Waals surface area contributed by atoms with E-state index in [0.717, 1.165) is 58.3 Å². The minimum absolute atomic E-state index is 0.270. The van der Waals surface area contributed by atoms with E-state index < -0.39 is 29.5 Å². The Hall–Kier alpha value is -4.00. The van der Waals surface area contributed by atoms with E-state index in [4.69, 9.17) is 0 Å². The summed E-state index contributed by atoms with van der Waals surface area (Å²) in [5.41, 5.74) is 4.51. The number of hydrogen-bond acceptors (Lipinski definition) is 2. The van der Waals surface area contributed by atoms with Gasteiger partial charge in [-0.25, -0.2) is 8.78 Å². The van der Waals surface area contributed by atoms with E-state index in [1.807, 2.05) is 56.4 Å². The zero-order chi connectivity index (χ0) is 25.4. The van der Waals surface area contributed by atoms with Gasteiger partial charge in [0.1, 0.15) is 17.7 Å². The van der Waals surface area contributed by atoms with Crippen LogP contribution in [0.1, 0.15) is 46.3 Å². The second kappa shape index (κ2) is 9.57. The first-order valence-corrected chi connectivity index (χ1v) is 12.1. The lowest BCUT2D eigenvalue weighted by atomic mass is 9.90. The third kappa shape index (κ3) is 4.37. The van der Waals surface area contributed by atoms with E-state index in [-0.39, 0.29) is 11.5 Å². The van der Waals surface area contributed by atoms with Crippen LogP contribution in [-0.4, -0.2) is 29.4 Å². The van der Waals surface area contributed by atoms with Crippen LogP contribution in [0.15, 0.2) is 66.9 Å². The fourth-order valence-corrected chi connectivity index (χ4v) is 5.07. The predicted molar refractivity (Wildman–Crippen MR) is 136 cm³/mol. The monoisotopic (exact) mass is 487 g/mol. The number of rotatable bonds is 5. The van der Waals surface area contributed by atoms with Crippen LogP contribution in [-0.2, 0) is 11.2 Å². The highest BCUT2D eigenvalue weighted by Crippen LogP contribution is 2.33. The fraction of sp³-hybridized carbons (Fsp3) is 0.241. The molecule has 1 aliphatic heterocycles. The van der Waals surface area contributed by atoms with Crippen molar-refractivity contribution < 1.29 is 18.4 Å². The molecular formula is C29H27F2N3O2.